The third-order valence-electron chi connectivity index (χ3n) is 0. The molecule has 0 unspecified atom stereocenters. The van der Waals surface area contributed by atoms with Gasteiger partial charge in [0.25, 0.3) is 0 Å². The molecule has 0 aromatic heterocycles. The second-order valence-corrected chi connectivity index (χ2v) is 0. The van der Waals surface area contributed by atoms with Crippen molar-refractivity contribution in [1.29, 1.82) is 26.3 Å². The summed E-state index contributed by atoms with van der Waals surface area (Å²) in [6.45, 7) is 23.8. The molecule has 0 aliphatic heterocycles. The summed E-state index contributed by atoms with van der Waals surface area (Å²) in [7, 11) is 0. The van der Waals surface area contributed by atoms with E-state index in [4.69, 9.17) is 69.7 Å². The molecule has 0 amide bonds. The Morgan fingerprint density at radius 1 is 0.471 bits per heavy atom. The van der Waals surface area contributed by atoms with Crippen LogP contribution >= 0.6 is 0 Å². The molecule has 0 aliphatic carbocycles. The number of hydrogen-bond acceptors (Lipinski definition) is 6. The second-order valence-electron chi connectivity index (χ2n) is 0. The fourth-order valence-corrected chi connectivity index (χ4v) is 0. The molecule has 0 bridgehead atoms. The number of hydrogen-bond donors (Lipinski definition) is 0. The van der Waals surface area contributed by atoms with Crippen molar-refractivity contribution in [2.45, 2.75) is 0 Å². The van der Waals surface area contributed by atoms with Crippen LogP contribution in [0.5, 0.6) is 0 Å². The fourth-order valence-electron chi connectivity index (χ4n) is 0. The smallest absolute Gasteiger partial charge is 0.577 e. The van der Waals surface area contributed by atoms with Crippen LogP contribution in [0.3, 0.4) is 0 Å². The van der Waals surface area contributed by atoms with E-state index in [1.54, 1.807) is 0 Å². The van der Waals surface area contributed by atoms with Crippen LogP contribution in [0.4, 0.5) is 0 Å². The maximum absolute atomic E-state index is 7.25. The molecule has 17 heavy (non-hydrogen) atoms. The van der Waals surface area contributed by atoms with E-state index in [0.717, 1.165) is 0 Å². The van der Waals surface area contributed by atoms with Gasteiger partial charge in [0.05, 0.1) is 0 Å². The number of nitroso groups, excluding NO2 is 1. The first-order chi connectivity index (χ1) is 6.00. The molecule has 7 nitrogen and oxygen atoms in total. The van der Waals surface area contributed by atoms with Crippen LogP contribution in [-0.4, -0.2) is 0 Å². The minimum Gasteiger partial charge on any atom is -0.577 e. The monoisotopic (exact) mass is 308 g/mol. The molecule has 0 spiro atoms. The van der Waals surface area contributed by atoms with Gasteiger partial charge >= 0.3 is 135 Å². The molecular weight excluding hydrogens is 308 g/mol. The third-order valence-corrected chi connectivity index (χ3v) is 0. The Labute approximate surface area is 201 Å². The van der Waals surface area contributed by atoms with Crippen molar-refractivity contribution in [3.63, 3.8) is 0 Å². The van der Waals surface area contributed by atoms with Crippen molar-refractivity contribution < 1.29 is 135 Å². The average molecular weight is 308 g/mol. The summed E-state index contributed by atoms with van der Waals surface area (Å²) >= 11 is 0. The van der Waals surface area contributed by atoms with Gasteiger partial charge in [0.1, 0.15) is 0 Å². The van der Waals surface area contributed by atoms with Crippen molar-refractivity contribution in [3.8, 4) is 0 Å². The van der Waals surface area contributed by atoms with Gasteiger partial charge in [-0.15, -0.1) is 0 Å². The largest absolute Gasteiger partial charge is 2.00 e. The molecule has 0 N–H and O–H groups in total. The Bertz CT molecular complexity index is 104. The minimum absolute atomic E-state index is 0. The van der Waals surface area contributed by atoms with Crippen LogP contribution in [0.25, 0.3) is 5.59 Å². The van der Waals surface area contributed by atoms with Crippen LogP contribution in [0, 0.1) is 64.1 Å². The maximum atomic E-state index is 7.25. The quantitative estimate of drug-likeness (QED) is 0.319. The van der Waals surface area contributed by atoms with Gasteiger partial charge in [0.2, 0.25) is 0 Å². The van der Waals surface area contributed by atoms with Crippen molar-refractivity contribution in [2.75, 3.05) is 0 Å². The third kappa shape index (κ3) is 1730. The Balaban J connectivity index is -0.00000000267. The van der Waals surface area contributed by atoms with Gasteiger partial charge in [0, 0.05) is 0 Å². The average Bonchev–Trinajstić information content (AvgIpc) is 2.33. The molecule has 12 heteroatoms. The van der Waals surface area contributed by atoms with Crippen LogP contribution in [0.15, 0.2) is 0 Å². The van der Waals surface area contributed by atoms with Crippen molar-refractivity contribution in [2.24, 2.45) is 0 Å². The summed E-state index contributed by atoms with van der Waals surface area (Å²) in [6.07, 6.45) is 0. The Kier molecular flexibility index (Phi) is 11500. The van der Waals surface area contributed by atoms with Gasteiger partial charge in [-0.3, -0.25) is 0 Å². The maximum Gasteiger partial charge on any atom is 2.00 e. The Hall–Kier alpha value is 1.57. The standard InChI is InChI=1S/5CN.Fe.NO.4Na/c5*1-2;;1-2;;;;/q5*-1;+2;-1;4*+1. The van der Waals surface area contributed by atoms with Crippen LogP contribution < -0.4 is 118 Å². The molecule has 0 atom stereocenters. The van der Waals surface area contributed by atoms with E-state index in [2.05, 4.69) is 0 Å². The van der Waals surface area contributed by atoms with E-state index >= 15 is 0 Å². The zero-order valence-corrected chi connectivity index (χ0v) is 19.0. The fraction of sp³-hybridized carbons (Fsp3) is 0. The topological polar surface area (TPSA) is 158 Å². The second kappa shape index (κ2) is 1960. The molecule has 0 saturated heterocycles. The predicted octanol–water partition coefficient (Wildman–Crippen LogP) is -11.2. The Morgan fingerprint density at radius 2 is 0.471 bits per heavy atom. The van der Waals surface area contributed by atoms with Gasteiger partial charge in [-0.2, -0.15) is 0 Å². The first kappa shape index (κ1) is 100. The summed E-state index contributed by atoms with van der Waals surface area (Å²) in [5.74, 6) is 0. The van der Waals surface area contributed by atoms with Crippen LogP contribution in [0.2, 0.25) is 0 Å². The molecule has 0 rings (SSSR count). The zero-order chi connectivity index (χ0) is 12.0. The van der Waals surface area contributed by atoms with E-state index in [1.807, 2.05) is 0 Å². The van der Waals surface area contributed by atoms with E-state index in [-0.39, 0.29) is 135 Å². The molecule has 0 aromatic rings. The first-order valence-electron chi connectivity index (χ1n) is 1.30. The van der Waals surface area contributed by atoms with E-state index in [1.165, 1.54) is 0 Å². The number of nitrogens with zero attached hydrogens (tertiary/aromatic N) is 6. The summed E-state index contributed by atoms with van der Waals surface area (Å²) in [6, 6.07) is 0. The normalized spacial score (nSPS) is 0.824. The summed E-state index contributed by atoms with van der Waals surface area (Å²) in [4.78, 5) is 7.25. The number of rotatable bonds is 0. The molecule has 68 valence electrons. The van der Waals surface area contributed by atoms with Crippen LogP contribution in [0.1, 0.15) is 0 Å². The minimum atomic E-state index is 0. The Morgan fingerprint density at radius 3 is 0.471 bits per heavy atom. The SMILES string of the molecule is [C-]#N.[C-]#N.[C-]#N.[C-]#N.[C-]#N.[Fe+2].[N-]=O.[Na+].[Na+].[Na+].[Na+]. The van der Waals surface area contributed by atoms with Gasteiger partial charge in [0.15, 0.2) is 0 Å². The van der Waals surface area contributed by atoms with E-state index in [9.17, 15) is 0 Å². The molecule has 0 fully saturated rings. The van der Waals surface area contributed by atoms with Crippen LogP contribution in [-0.2, 0) is 17.1 Å². The van der Waals surface area contributed by atoms with Gasteiger partial charge in [-0.05, 0) is 0 Å². The molecule has 0 heterocycles. The van der Waals surface area contributed by atoms with E-state index in [0.29, 0.717) is 0 Å². The predicted molar refractivity (Wildman–Crippen MR) is 31.6 cm³/mol. The summed E-state index contributed by atoms with van der Waals surface area (Å²) < 4.78 is 0. The van der Waals surface area contributed by atoms with Crippen molar-refractivity contribution >= 4 is 0 Å². The van der Waals surface area contributed by atoms with Gasteiger partial charge in [-0.25, -0.2) is 0 Å². The molecule has 0 saturated carbocycles. The molecular formula is C5FeN6Na4O. The van der Waals surface area contributed by atoms with Crippen molar-refractivity contribution in [3.05, 3.63) is 43.4 Å². The van der Waals surface area contributed by atoms with E-state index < -0.39 is 0 Å². The molecule has 0 aliphatic rings. The molecule has 0 aromatic carbocycles. The zero-order valence-electron chi connectivity index (χ0n) is 9.95. The summed E-state index contributed by atoms with van der Waals surface area (Å²) in [5, 5.41) is 31.2. The van der Waals surface area contributed by atoms with Crippen molar-refractivity contribution in [1.82, 2.24) is 0 Å². The molecule has 0 radical (unpaired) electrons. The van der Waals surface area contributed by atoms with Gasteiger partial charge in [-0.1, -0.05) is 0 Å². The summed E-state index contributed by atoms with van der Waals surface area (Å²) in [5.41, 5.74) is 5.75. The first-order valence-corrected chi connectivity index (χ1v) is 1.30. The van der Waals surface area contributed by atoms with Gasteiger partial charge < -0.3 is 69.7 Å².